The maximum Gasteiger partial charge on any atom is 0.238 e. The van der Waals surface area contributed by atoms with E-state index in [2.05, 4.69) is 10.6 Å². The van der Waals surface area contributed by atoms with Crippen LogP contribution in [0.15, 0.2) is 24.3 Å². The van der Waals surface area contributed by atoms with Crippen LogP contribution in [0.25, 0.3) is 0 Å². The van der Waals surface area contributed by atoms with Crippen molar-refractivity contribution in [1.82, 2.24) is 5.32 Å². The lowest BCUT2D eigenvalue weighted by Crippen LogP contribution is -2.33. The number of benzene rings is 1. The van der Waals surface area contributed by atoms with Crippen LogP contribution in [0.2, 0.25) is 0 Å². The first kappa shape index (κ1) is 15.5. The van der Waals surface area contributed by atoms with E-state index in [0.29, 0.717) is 18.0 Å². The van der Waals surface area contributed by atoms with Crippen molar-refractivity contribution in [1.29, 1.82) is 0 Å². The van der Waals surface area contributed by atoms with E-state index in [1.165, 1.54) is 0 Å². The number of carbonyl (C=O) groups excluding carboxylic acids is 1. The molecule has 0 aromatic heterocycles. The average Bonchev–Trinajstić information content (AvgIpc) is 2.39. The molecule has 1 amide bonds. The fraction of sp³-hybridized carbons (Fsp3) is 0.500. The van der Waals surface area contributed by atoms with Crippen molar-refractivity contribution in [3.05, 3.63) is 24.3 Å². The number of aliphatic hydroxyl groups is 1. The molecule has 0 heterocycles. The molecule has 1 rings (SSSR count). The number of amides is 1. The summed E-state index contributed by atoms with van der Waals surface area (Å²) in [6.45, 7) is 2.62. The Kier molecular flexibility index (Phi) is 6.92. The summed E-state index contributed by atoms with van der Waals surface area (Å²) in [4.78, 5) is 11.7. The van der Waals surface area contributed by atoms with Gasteiger partial charge in [-0.3, -0.25) is 4.79 Å². The molecule has 1 unspecified atom stereocenters. The number of ether oxygens (including phenoxy) is 1. The monoisotopic (exact) mass is 266 g/mol. The third kappa shape index (κ3) is 6.22. The molecule has 1 aromatic carbocycles. The first-order chi connectivity index (χ1) is 9.15. The van der Waals surface area contributed by atoms with Gasteiger partial charge in [-0.2, -0.15) is 0 Å². The van der Waals surface area contributed by atoms with Crippen molar-refractivity contribution in [2.45, 2.75) is 25.9 Å². The number of methoxy groups -OCH3 is 1. The standard InChI is InChI=1S/C14H22N2O3/c1-3-5-12(17)9-15-10-14(18)16-11-6-4-7-13(8-11)19-2/h4,6-8,12,15,17H,3,5,9-10H2,1-2H3,(H,16,18). The summed E-state index contributed by atoms with van der Waals surface area (Å²) in [5.74, 6) is 0.557. The number of anilines is 1. The summed E-state index contributed by atoms with van der Waals surface area (Å²) in [5.41, 5.74) is 0.695. The zero-order valence-electron chi connectivity index (χ0n) is 11.5. The molecule has 19 heavy (non-hydrogen) atoms. The van der Waals surface area contributed by atoms with Crippen LogP contribution in [-0.4, -0.2) is 37.3 Å². The highest BCUT2D eigenvalue weighted by molar-refractivity contribution is 5.92. The Morgan fingerprint density at radius 3 is 2.95 bits per heavy atom. The predicted octanol–water partition coefficient (Wildman–Crippen LogP) is 1.38. The van der Waals surface area contributed by atoms with E-state index in [4.69, 9.17) is 4.74 Å². The van der Waals surface area contributed by atoms with Crippen LogP contribution >= 0.6 is 0 Å². The Balaban J connectivity index is 2.30. The number of hydrogen-bond donors (Lipinski definition) is 3. The molecule has 1 atom stereocenters. The van der Waals surface area contributed by atoms with Gasteiger partial charge in [0.15, 0.2) is 0 Å². The number of hydrogen-bond acceptors (Lipinski definition) is 4. The van der Waals surface area contributed by atoms with Crippen molar-refractivity contribution in [2.75, 3.05) is 25.5 Å². The Hall–Kier alpha value is -1.59. The van der Waals surface area contributed by atoms with Crippen molar-refractivity contribution >= 4 is 11.6 Å². The second kappa shape index (κ2) is 8.50. The van der Waals surface area contributed by atoms with Gasteiger partial charge in [0.05, 0.1) is 19.8 Å². The largest absolute Gasteiger partial charge is 0.497 e. The van der Waals surface area contributed by atoms with Gasteiger partial charge in [-0.25, -0.2) is 0 Å². The van der Waals surface area contributed by atoms with Crippen LogP contribution in [-0.2, 0) is 4.79 Å². The predicted molar refractivity (Wildman–Crippen MR) is 75.4 cm³/mol. The van der Waals surface area contributed by atoms with E-state index >= 15 is 0 Å². The van der Waals surface area contributed by atoms with Crippen molar-refractivity contribution in [2.24, 2.45) is 0 Å². The fourth-order valence-electron chi connectivity index (χ4n) is 1.69. The van der Waals surface area contributed by atoms with Crippen LogP contribution in [0, 0.1) is 0 Å². The highest BCUT2D eigenvalue weighted by atomic mass is 16.5. The van der Waals surface area contributed by atoms with Crippen LogP contribution in [0.5, 0.6) is 5.75 Å². The van der Waals surface area contributed by atoms with E-state index in [1.54, 1.807) is 19.2 Å². The summed E-state index contributed by atoms with van der Waals surface area (Å²) < 4.78 is 5.08. The maximum absolute atomic E-state index is 11.7. The van der Waals surface area contributed by atoms with Gasteiger partial charge < -0.3 is 20.5 Å². The Labute approximate surface area is 114 Å². The lowest BCUT2D eigenvalue weighted by atomic mass is 10.2. The number of nitrogens with one attached hydrogen (secondary N) is 2. The van der Waals surface area contributed by atoms with Crippen molar-refractivity contribution < 1.29 is 14.6 Å². The minimum Gasteiger partial charge on any atom is -0.497 e. The summed E-state index contributed by atoms with van der Waals surface area (Å²) >= 11 is 0. The second-order valence-corrected chi connectivity index (χ2v) is 4.35. The Morgan fingerprint density at radius 2 is 2.26 bits per heavy atom. The lowest BCUT2D eigenvalue weighted by molar-refractivity contribution is -0.115. The van der Waals surface area contributed by atoms with Gasteiger partial charge in [0.25, 0.3) is 0 Å². The summed E-state index contributed by atoms with van der Waals surface area (Å²) in [7, 11) is 1.58. The van der Waals surface area contributed by atoms with Gasteiger partial charge in [0.1, 0.15) is 5.75 Å². The molecule has 106 valence electrons. The molecule has 5 nitrogen and oxygen atoms in total. The smallest absolute Gasteiger partial charge is 0.238 e. The number of carbonyl (C=O) groups is 1. The van der Waals surface area contributed by atoms with Gasteiger partial charge in [-0.1, -0.05) is 19.4 Å². The van der Waals surface area contributed by atoms with Crippen LogP contribution in [0.1, 0.15) is 19.8 Å². The molecule has 0 spiro atoms. The minimum absolute atomic E-state index is 0.142. The Morgan fingerprint density at radius 1 is 1.47 bits per heavy atom. The third-order valence-corrected chi connectivity index (χ3v) is 2.64. The van der Waals surface area contributed by atoms with E-state index in [1.807, 2.05) is 19.1 Å². The summed E-state index contributed by atoms with van der Waals surface area (Å²) in [5, 5.41) is 15.2. The molecule has 0 aliphatic heterocycles. The van der Waals surface area contributed by atoms with Gasteiger partial charge in [0.2, 0.25) is 5.91 Å². The first-order valence-corrected chi connectivity index (χ1v) is 6.48. The zero-order valence-corrected chi connectivity index (χ0v) is 11.5. The van der Waals surface area contributed by atoms with E-state index < -0.39 is 6.10 Å². The third-order valence-electron chi connectivity index (χ3n) is 2.64. The first-order valence-electron chi connectivity index (χ1n) is 6.48. The highest BCUT2D eigenvalue weighted by Crippen LogP contribution is 2.16. The van der Waals surface area contributed by atoms with Crippen LogP contribution in [0.4, 0.5) is 5.69 Å². The molecule has 0 aliphatic carbocycles. The molecule has 0 bridgehead atoms. The average molecular weight is 266 g/mol. The molecule has 0 saturated heterocycles. The SMILES string of the molecule is CCCC(O)CNCC(=O)Nc1cccc(OC)c1. The highest BCUT2D eigenvalue weighted by Gasteiger charge is 2.05. The molecular formula is C14H22N2O3. The maximum atomic E-state index is 11.7. The number of rotatable bonds is 8. The molecule has 0 saturated carbocycles. The molecule has 3 N–H and O–H groups in total. The van der Waals surface area contributed by atoms with Gasteiger partial charge in [0, 0.05) is 18.3 Å². The van der Waals surface area contributed by atoms with E-state index in [9.17, 15) is 9.90 Å². The van der Waals surface area contributed by atoms with Crippen molar-refractivity contribution in [3.63, 3.8) is 0 Å². The lowest BCUT2D eigenvalue weighted by Gasteiger charge is -2.11. The van der Waals surface area contributed by atoms with E-state index in [0.717, 1.165) is 12.8 Å². The zero-order chi connectivity index (χ0) is 14.1. The summed E-state index contributed by atoms with van der Waals surface area (Å²) in [6, 6.07) is 7.18. The van der Waals surface area contributed by atoms with E-state index in [-0.39, 0.29) is 12.5 Å². The Bertz CT molecular complexity index is 396. The van der Waals surface area contributed by atoms with Gasteiger partial charge in [-0.05, 0) is 18.6 Å². The van der Waals surface area contributed by atoms with Crippen molar-refractivity contribution in [3.8, 4) is 5.75 Å². The van der Waals surface area contributed by atoms with Gasteiger partial charge >= 0.3 is 0 Å². The van der Waals surface area contributed by atoms with Crippen LogP contribution in [0.3, 0.4) is 0 Å². The molecule has 0 aliphatic rings. The normalized spacial score (nSPS) is 11.9. The molecule has 0 fully saturated rings. The molecule has 0 radical (unpaired) electrons. The van der Waals surface area contributed by atoms with Crippen LogP contribution < -0.4 is 15.4 Å². The minimum atomic E-state index is -0.394. The summed E-state index contributed by atoms with van der Waals surface area (Å²) in [6.07, 6.45) is 1.28. The molecule has 1 aromatic rings. The topological polar surface area (TPSA) is 70.6 Å². The number of aliphatic hydroxyl groups excluding tert-OH is 1. The fourth-order valence-corrected chi connectivity index (χ4v) is 1.69. The molecule has 5 heteroatoms. The quantitative estimate of drug-likeness (QED) is 0.665. The second-order valence-electron chi connectivity index (χ2n) is 4.35. The molecular weight excluding hydrogens is 244 g/mol. The van der Waals surface area contributed by atoms with Gasteiger partial charge in [-0.15, -0.1) is 0 Å².